The molecule has 3 aromatic rings. The lowest BCUT2D eigenvalue weighted by Gasteiger charge is -2.10. The van der Waals surface area contributed by atoms with Gasteiger partial charge in [0.25, 0.3) is 0 Å². The molecule has 28 heavy (non-hydrogen) atoms. The Morgan fingerprint density at radius 3 is 1.64 bits per heavy atom. The molecule has 0 amide bonds. The van der Waals surface area contributed by atoms with E-state index >= 15 is 0 Å². The Morgan fingerprint density at radius 2 is 1.18 bits per heavy atom. The van der Waals surface area contributed by atoms with Gasteiger partial charge >= 0.3 is 20.2 Å². The van der Waals surface area contributed by atoms with E-state index < -0.39 is 20.2 Å². The van der Waals surface area contributed by atoms with E-state index in [1.54, 1.807) is 30.3 Å². The zero-order chi connectivity index (χ0) is 20.4. The molecule has 0 N–H and O–H groups in total. The van der Waals surface area contributed by atoms with Crippen LogP contribution in [0.2, 0.25) is 0 Å². The Balaban J connectivity index is 1.84. The number of rotatable bonds is 7. The van der Waals surface area contributed by atoms with Crippen LogP contribution in [0.5, 0.6) is 11.5 Å². The summed E-state index contributed by atoms with van der Waals surface area (Å²) in [4.78, 5) is -0.0701. The maximum absolute atomic E-state index is 12.5. The van der Waals surface area contributed by atoms with Crippen LogP contribution in [0.4, 0.5) is 0 Å². The van der Waals surface area contributed by atoms with Gasteiger partial charge in [-0.2, -0.15) is 16.8 Å². The predicted octanol–water partition coefficient (Wildman–Crippen LogP) is 4.41. The molecule has 0 atom stereocenters. The largest absolute Gasteiger partial charge is 0.374 e. The molecule has 0 aliphatic carbocycles. The van der Waals surface area contributed by atoms with Crippen molar-refractivity contribution in [1.82, 2.24) is 0 Å². The molecule has 148 valence electrons. The Morgan fingerprint density at radius 1 is 0.714 bits per heavy atom. The Hall–Kier alpha value is -2.36. The highest BCUT2D eigenvalue weighted by atomic mass is 32.2. The molecule has 6 nitrogen and oxygen atoms in total. The van der Waals surface area contributed by atoms with Crippen LogP contribution in [0.3, 0.4) is 0 Å². The summed E-state index contributed by atoms with van der Waals surface area (Å²) in [7, 11) is -8.25. The second kappa shape index (κ2) is 7.94. The fourth-order valence-electron chi connectivity index (χ4n) is 2.33. The monoisotopic (exact) mass is 438 g/mol. The fourth-order valence-corrected chi connectivity index (χ4v) is 4.99. The molecule has 0 spiro atoms. The van der Waals surface area contributed by atoms with E-state index in [1.165, 1.54) is 35.0 Å². The van der Waals surface area contributed by atoms with Crippen LogP contribution < -0.4 is 8.37 Å². The van der Waals surface area contributed by atoms with E-state index in [-0.39, 0.29) is 27.2 Å². The molecule has 0 saturated heterocycles. The normalized spacial score (nSPS) is 12.1. The molecule has 0 radical (unpaired) electrons. The number of hydrogen-bond acceptors (Lipinski definition) is 7. The highest BCUT2D eigenvalue weighted by Gasteiger charge is 2.24. The highest BCUT2D eigenvalue weighted by Crippen LogP contribution is 2.36. The van der Waals surface area contributed by atoms with Gasteiger partial charge in [0.05, 0.1) is 0 Å². The SMILES string of the molecule is CC(C)c1ccc(S(=O)(=O)Oc2cscc2OS(=O)(=O)c2ccccc2)cc1. The number of hydrogen-bond donors (Lipinski definition) is 0. The maximum atomic E-state index is 12.5. The number of benzene rings is 2. The van der Waals surface area contributed by atoms with Gasteiger partial charge in [0.15, 0.2) is 11.5 Å². The third-order valence-corrected chi connectivity index (χ3v) is 7.06. The first-order chi connectivity index (χ1) is 13.2. The first kappa shape index (κ1) is 20.4. The maximum Gasteiger partial charge on any atom is 0.339 e. The van der Waals surface area contributed by atoms with E-state index in [2.05, 4.69) is 0 Å². The van der Waals surface area contributed by atoms with Crippen LogP contribution in [0.1, 0.15) is 25.3 Å². The van der Waals surface area contributed by atoms with Crippen LogP contribution in [-0.4, -0.2) is 16.8 Å². The van der Waals surface area contributed by atoms with Crippen LogP contribution in [0, 0.1) is 0 Å². The Bertz CT molecular complexity index is 1150. The van der Waals surface area contributed by atoms with Crippen LogP contribution >= 0.6 is 11.3 Å². The summed E-state index contributed by atoms with van der Waals surface area (Å²) in [6, 6.07) is 13.9. The van der Waals surface area contributed by atoms with Crippen molar-refractivity contribution in [2.45, 2.75) is 29.6 Å². The highest BCUT2D eigenvalue weighted by molar-refractivity contribution is 7.87. The molecule has 2 aromatic carbocycles. The van der Waals surface area contributed by atoms with Gasteiger partial charge in [-0.25, -0.2) is 0 Å². The quantitative estimate of drug-likeness (QED) is 0.508. The van der Waals surface area contributed by atoms with Crippen LogP contribution in [0.25, 0.3) is 0 Å². The Kier molecular flexibility index (Phi) is 5.78. The van der Waals surface area contributed by atoms with Gasteiger partial charge in [0.2, 0.25) is 0 Å². The molecule has 1 aromatic heterocycles. The molecular formula is C19H18O6S3. The summed E-state index contributed by atoms with van der Waals surface area (Å²) in [6.45, 7) is 4.00. The van der Waals surface area contributed by atoms with Gasteiger partial charge in [-0.05, 0) is 35.7 Å². The summed E-state index contributed by atoms with van der Waals surface area (Å²) < 4.78 is 60.0. The van der Waals surface area contributed by atoms with Gasteiger partial charge in [-0.1, -0.05) is 44.2 Å². The second-order valence-corrected chi connectivity index (χ2v) is 10.0. The van der Waals surface area contributed by atoms with Crippen molar-refractivity contribution in [3.05, 3.63) is 70.9 Å². The molecule has 0 aliphatic heterocycles. The average molecular weight is 439 g/mol. The van der Waals surface area contributed by atoms with Crippen molar-refractivity contribution in [2.24, 2.45) is 0 Å². The third kappa shape index (κ3) is 4.54. The third-order valence-electron chi connectivity index (χ3n) is 3.86. The van der Waals surface area contributed by atoms with Gasteiger partial charge in [-0.15, -0.1) is 11.3 Å². The molecule has 0 aliphatic rings. The standard InChI is InChI=1S/C19H18O6S3/c1-14(2)15-8-10-17(11-9-15)28(22,23)25-19-13-26-12-18(19)24-27(20,21)16-6-4-3-5-7-16/h3-14H,1-2H3. The summed E-state index contributed by atoms with van der Waals surface area (Å²) in [5.41, 5.74) is 0.993. The van der Waals surface area contributed by atoms with Crippen molar-refractivity contribution < 1.29 is 25.2 Å². The minimum absolute atomic E-state index is 0.0278. The van der Waals surface area contributed by atoms with E-state index in [4.69, 9.17) is 8.37 Å². The molecule has 9 heteroatoms. The zero-order valence-corrected chi connectivity index (χ0v) is 17.6. The minimum Gasteiger partial charge on any atom is -0.374 e. The molecule has 0 unspecified atom stereocenters. The van der Waals surface area contributed by atoms with Crippen molar-refractivity contribution in [3.63, 3.8) is 0 Å². The van der Waals surface area contributed by atoms with Crippen molar-refractivity contribution in [1.29, 1.82) is 0 Å². The summed E-state index contributed by atoms with van der Waals surface area (Å²) >= 11 is 1.07. The molecule has 0 fully saturated rings. The van der Waals surface area contributed by atoms with E-state index in [9.17, 15) is 16.8 Å². The summed E-state index contributed by atoms with van der Waals surface area (Å²) in [5.74, 6) is -0.105. The predicted molar refractivity (Wildman–Crippen MR) is 107 cm³/mol. The van der Waals surface area contributed by atoms with Gasteiger partial charge in [0, 0.05) is 10.8 Å². The minimum atomic E-state index is -4.14. The summed E-state index contributed by atoms with van der Waals surface area (Å²) in [5, 5.41) is 2.74. The number of thiophene rings is 1. The van der Waals surface area contributed by atoms with Crippen LogP contribution in [0.15, 0.2) is 75.1 Å². The first-order valence-electron chi connectivity index (χ1n) is 8.29. The lowest BCUT2D eigenvalue weighted by molar-refractivity contribution is 0.451. The van der Waals surface area contributed by atoms with Crippen molar-refractivity contribution in [3.8, 4) is 11.5 Å². The first-order valence-corrected chi connectivity index (χ1v) is 12.0. The molecular weight excluding hydrogens is 420 g/mol. The van der Waals surface area contributed by atoms with Gasteiger partial charge in [0.1, 0.15) is 9.79 Å². The van der Waals surface area contributed by atoms with E-state index in [0.717, 1.165) is 16.9 Å². The lowest BCUT2D eigenvalue weighted by Crippen LogP contribution is -2.12. The van der Waals surface area contributed by atoms with Gasteiger partial charge in [-0.3, -0.25) is 0 Å². The molecule has 3 rings (SSSR count). The Labute approximate surface area is 168 Å². The van der Waals surface area contributed by atoms with Crippen molar-refractivity contribution in [2.75, 3.05) is 0 Å². The van der Waals surface area contributed by atoms with Gasteiger partial charge < -0.3 is 8.37 Å². The molecule has 0 bridgehead atoms. The topological polar surface area (TPSA) is 86.7 Å². The van der Waals surface area contributed by atoms with Crippen LogP contribution in [-0.2, 0) is 20.2 Å². The summed E-state index contributed by atoms with van der Waals surface area (Å²) in [6.07, 6.45) is 0. The zero-order valence-electron chi connectivity index (χ0n) is 15.1. The lowest BCUT2D eigenvalue weighted by atomic mass is 10.0. The van der Waals surface area contributed by atoms with E-state index in [1.807, 2.05) is 13.8 Å². The molecule has 1 heterocycles. The average Bonchev–Trinajstić information content (AvgIpc) is 3.08. The van der Waals surface area contributed by atoms with E-state index in [0.29, 0.717) is 0 Å². The smallest absolute Gasteiger partial charge is 0.339 e. The molecule has 0 saturated carbocycles. The second-order valence-electron chi connectivity index (χ2n) is 6.21. The fraction of sp³-hybridized carbons (Fsp3) is 0.158. The van der Waals surface area contributed by atoms with Crippen molar-refractivity contribution >= 4 is 31.6 Å².